The van der Waals surface area contributed by atoms with Crippen molar-refractivity contribution in [2.45, 2.75) is 6.42 Å². The molecule has 2 heteroatoms. The van der Waals surface area contributed by atoms with Crippen LogP contribution in [-0.2, 0) is 0 Å². The molecule has 35 valence electrons. The lowest BCUT2D eigenvalue weighted by molar-refractivity contribution is -0.0654. The highest BCUT2D eigenvalue weighted by molar-refractivity contribution is 4.74. The molecule has 0 spiro atoms. The lowest BCUT2D eigenvalue weighted by Crippen LogP contribution is -2.11. The van der Waals surface area contributed by atoms with E-state index >= 15 is 0 Å². The van der Waals surface area contributed by atoms with E-state index in [4.69, 9.17) is 5.21 Å². The first-order valence-electron chi connectivity index (χ1n) is 2.15. The minimum Gasteiger partial charge on any atom is -0.314 e. The molecule has 1 heterocycles. The van der Waals surface area contributed by atoms with E-state index in [1.807, 2.05) is 0 Å². The predicted molar refractivity (Wildman–Crippen MR) is 22.3 cm³/mol. The molecule has 6 heavy (non-hydrogen) atoms. The topological polar surface area (TPSA) is 23.5 Å². The molecule has 0 bridgehead atoms. The molecule has 1 aliphatic heterocycles. The maximum absolute atomic E-state index is 8.53. The summed E-state index contributed by atoms with van der Waals surface area (Å²) >= 11 is 0. The van der Waals surface area contributed by atoms with Crippen LogP contribution in [0.2, 0.25) is 0 Å². The second kappa shape index (κ2) is 1.58. The van der Waals surface area contributed by atoms with Crippen LogP contribution in [0.25, 0.3) is 0 Å². The van der Waals surface area contributed by atoms with Gasteiger partial charge in [0, 0.05) is 13.1 Å². The van der Waals surface area contributed by atoms with E-state index in [-0.39, 0.29) is 0 Å². The third-order valence-electron chi connectivity index (χ3n) is 0.931. The molecule has 1 aliphatic rings. The first kappa shape index (κ1) is 4.09. The number of nitrogens with zero attached hydrogens (tertiary/aromatic N) is 1. The number of rotatable bonds is 0. The Labute approximate surface area is 37.3 Å². The molecule has 0 aromatic carbocycles. The summed E-state index contributed by atoms with van der Waals surface area (Å²) in [5, 5.41) is 9.84. The molecule has 1 radical (unpaired) electrons. The van der Waals surface area contributed by atoms with Gasteiger partial charge in [-0.2, -0.15) is 5.06 Å². The van der Waals surface area contributed by atoms with Crippen molar-refractivity contribution in [1.82, 2.24) is 5.06 Å². The number of hydroxylamine groups is 2. The van der Waals surface area contributed by atoms with Crippen molar-refractivity contribution in [1.29, 1.82) is 0 Å². The Kier molecular flexibility index (Phi) is 1.08. The SMILES string of the molecule is ON1C[CH]CC1. The van der Waals surface area contributed by atoms with Gasteiger partial charge in [0.25, 0.3) is 0 Å². The third kappa shape index (κ3) is 0.698. The quantitative estimate of drug-likeness (QED) is 0.458. The lowest BCUT2D eigenvalue weighted by atomic mass is 10.4. The van der Waals surface area contributed by atoms with Crippen molar-refractivity contribution in [3.63, 3.8) is 0 Å². The Bertz CT molecular complexity index is 40.8. The van der Waals surface area contributed by atoms with Gasteiger partial charge in [0.15, 0.2) is 0 Å². The summed E-state index contributed by atoms with van der Waals surface area (Å²) in [5.41, 5.74) is 0. The fourth-order valence-corrected chi connectivity index (χ4v) is 0.572. The second-order valence-corrected chi connectivity index (χ2v) is 1.49. The molecule has 0 aliphatic carbocycles. The number of hydrogen-bond acceptors (Lipinski definition) is 2. The lowest BCUT2D eigenvalue weighted by Gasteiger charge is -1.98. The van der Waals surface area contributed by atoms with E-state index in [2.05, 4.69) is 6.42 Å². The first-order valence-corrected chi connectivity index (χ1v) is 2.15. The van der Waals surface area contributed by atoms with Gasteiger partial charge < -0.3 is 5.21 Å². The summed E-state index contributed by atoms with van der Waals surface area (Å²) in [7, 11) is 0. The largest absolute Gasteiger partial charge is 0.314 e. The van der Waals surface area contributed by atoms with E-state index in [1.165, 1.54) is 5.06 Å². The van der Waals surface area contributed by atoms with Gasteiger partial charge in [-0.05, 0) is 12.8 Å². The average Bonchev–Trinajstić information content (AvgIpc) is 1.86. The summed E-state index contributed by atoms with van der Waals surface area (Å²) in [5.74, 6) is 0. The smallest absolute Gasteiger partial charge is 0.0270 e. The van der Waals surface area contributed by atoms with Crippen molar-refractivity contribution in [2.75, 3.05) is 13.1 Å². The summed E-state index contributed by atoms with van der Waals surface area (Å²) in [6.45, 7) is 1.57. The van der Waals surface area contributed by atoms with Gasteiger partial charge in [-0.15, -0.1) is 0 Å². The van der Waals surface area contributed by atoms with Gasteiger partial charge in [0.05, 0.1) is 0 Å². The molecule has 1 saturated heterocycles. The highest BCUT2D eigenvalue weighted by Crippen LogP contribution is 2.00. The van der Waals surface area contributed by atoms with E-state index in [0.717, 1.165) is 19.5 Å². The maximum atomic E-state index is 8.53. The van der Waals surface area contributed by atoms with Crippen molar-refractivity contribution in [2.24, 2.45) is 0 Å². The Morgan fingerprint density at radius 1 is 1.67 bits per heavy atom. The summed E-state index contributed by atoms with van der Waals surface area (Å²) in [6, 6.07) is 0. The van der Waals surface area contributed by atoms with Gasteiger partial charge in [-0.1, -0.05) is 0 Å². The molecule has 0 amide bonds. The summed E-state index contributed by atoms with van der Waals surface area (Å²) in [6.07, 6.45) is 3.09. The molecular formula is C4H8NO. The molecule has 0 unspecified atom stereocenters. The summed E-state index contributed by atoms with van der Waals surface area (Å²) < 4.78 is 0. The van der Waals surface area contributed by atoms with Crippen LogP contribution in [0.4, 0.5) is 0 Å². The average molecular weight is 86.1 g/mol. The predicted octanol–water partition coefficient (Wildman–Crippen LogP) is 0.286. The molecule has 1 fully saturated rings. The van der Waals surface area contributed by atoms with Crippen LogP contribution < -0.4 is 0 Å². The molecule has 2 nitrogen and oxygen atoms in total. The summed E-state index contributed by atoms with van der Waals surface area (Å²) in [4.78, 5) is 0. The van der Waals surface area contributed by atoms with Crippen LogP contribution in [0.5, 0.6) is 0 Å². The highest BCUT2D eigenvalue weighted by atomic mass is 16.5. The first-order chi connectivity index (χ1) is 2.89. The minimum atomic E-state index is 0.750. The van der Waals surface area contributed by atoms with Crippen molar-refractivity contribution >= 4 is 0 Å². The fourth-order valence-electron chi connectivity index (χ4n) is 0.572. The Morgan fingerprint density at radius 3 is 2.67 bits per heavy atom. The molecule has 1 N–H and O–H groups in total. The monoisotopic (exact) mass is 86.1 g/mol. The zero-order chi connectivity index (χ0) is 4.41. The Morgan fingerprint density at radius 2 is 2.50 bits per heavy atom. The standard InChI is InChI=1S/C4H8NO/c6-5-3-1-2-4-5/h1,6H,2-4H2. The van der Waals surface area contributed by atoms with Crippen LogP contribution in [0.1, 0.15) is 6.42 Å². The normalized spacial score (nSPS) is 25.5. The van der Waals surface area contributed by atoms with E-state index in [9.17, 15) is 0 Å². The Balaban J connectivity index is 2.18. The molecule has 0 saturated carbocycles. The van der Waals surface area contributed by atoms with Crippen molar-refractivity contribution in [3.05, 3.63) is 6.42 Å². The molecule has 0 aromatic rings. The van der Waals surface area contributed by atoms with E-state index in [1.54, 1.807) is 0 Å². The third-order valence-corrected chi connectivity index (χ3v) is 0.931. The second-order valence-electron chi connectivity index (χ2n) is 1.49. The zero-order valence-electron chi connectivity index (χ0n) is 3.59. The minimum absolute atomic E-state index is 0.750. The van der Waals surface area contributed by atoms with Gasteiger partial charge in [-0.25, -0.2) is 0 Å². The van der Waals surface area contributed by atoms with Crippen molar-refractivity contribution in [3.8, 4) is 0 Å². The molecule has 0 aromatic heterocycles. The van der Waals surface area contributed by atoms with E-state index in [0.29, 0.717) is 0 Å². The maximum Gasteiger partial charge on any atom is 0.0270 e. The van der Waals surface area contributed by atoms with E-state index < -0.39 is 0 Å². The van der Waals surface area contributed by atoms with Gasteiger partial charge in [-0.3, -0.25) is 0 Å². The highest BCUT2D eigenvalue weighted by Gasteiger charge is 2.05. The number of hydrogen-bond donors (Lipinski definition) is 1. The Hall–Kier alpha value is -0.0800. The molecule has 0 atom stereocenters. The zero-order valence-corrected chi connectivity index (χ0v) is 3.59. The van der Waals surface area contributed by atoms with Crippen LogP contribution in [-0.4, -0.2) is 23.4 Å². The van der Waals surface area contributed by atoms with Gasteiger partial charge in [0.2, 0.25) is 0 Å². The van der Waals surface area contributed by atoms with Crippen LogP contribution in [0.15, 0.2) is 0 Å². The van der Waals surface area contributed by atoms with Crippen LogP contribution >= 0.6 is 0 Å². The molecular weight excluding hydrogens is 78.0 g/mol. The van der Waals surface area contributed by atoms with Gasteiger partial charge in [0.1, 0.15) is 0 Å². The van der Waals surface area contributed by atoms with Gasteiger partial charge >= 0.3 is 0 Å². The van der Waals surface area contributed by atoms with Crippen molar-refractivity contribution < 1.29 is 5.21 Å². The molecule has 1 rings (SSSR count). The van der Waals surface area contributed by atoms with Crippen LogP contribution in [0.3, 0.4) is 0 Å². The fraction of sp³-hybridized carbons (Fsp3) is 0.750. The van der Waals surface area contributed by atoms with Crippen LogP contribution in [0, 0.1) is 6.42 Å².